The Morgan fingerprint density at radius 2 is 1.80 bits per heavy atom. The van der Waals surface area contributed by atoms with Crippen molar-refractivity contribution < 1.29 is 19.1 Å². The molecule has 6 heteroatoms. The van der Waals surface area contributed by atoms with E-state index in [0.717, 1.165) is 17.9 Å². The van der Waals surface area contributed by atoms with Crippen LogP contribution < -0.4 is 5.73 Å². The largest absolute Gasteiger partial charge is 0.459 e. The summed E-state index contributed by atoms with van der Waals surface area (Å²) in [5, 5.41) is 0. The minimum Gasteiger partial charge on any atom is -0.459 e. The number of ether oxygens (including phenoxy) is 2. The van der Waals surface area contributed by atoms with Gasteiger partial charge in [-0.25, -0.2) is 0 Å². The number of hydrogen-bond acceptors (Lipinski definition) is 6. The summed E-state index contributed by atoms with van der Waals surface area (Å²) in [5.41, 5.74) is 4.36. The van der Waals surface area contributed by atoms with E-state index in [9.17, 15) is 9.59 Å². The van der Waals surface area contributed by atoms with E-state index in [0.29, 0.717) is 25.1 Å². The predicted molar refractivity (Wildman–Crippen MR) is 105 cm³/mol. The van der Waals surface area contributed by atoms with Gasteiger partial charge in [0.15, 0.2) is 5.78 Å². The summed E-state index contributed by atoms with van der Waals surface area (Å²) in [5.74, 6) is 1.34. The van der Waals surface area contributed by atoms with Gasteiger partial charge >= 0.3 is 5.97 Å². The van der Waals surface area contributed by atoms with Crippen molar-refractivity contribution in [3.8, 4) is 0 Å². The van der Waals surface area contributed by atoms with Gasteiger partial charge in [-0.1, -0.05) is 13.5 Å². The molecular weight excluding hydrogens is 338 g/mol. The predicted octanol–water partition coefficient (Wildman–Crippen LogP) is 3.36. The standard InChI is InChI=1S/C19H35NO4S/c1-14(2)16(21)19(6,7)23-11-9-18(4,5)24-17(22)15(3)8-12-25-13-10-20/h15H,1,8-13,20H2,2-7H3. The number of carbonyl (C=O) groups is 2. The molecule has 0 saturated heterocycles. The van der Waals surface area contributed by atoms with E-state index in [1.807, 2.05) is 20.8 Å². The highest BCUT2D eigenvalue weighted by atomic mass is 32.2. The van der Waals surface area contributed by atoms with Crippen molar-refractivity contribution in [2.75, 3.05) is 24.7 Å². The second-order valence-electron chi connectivity index (χ2n) is 7.49. The topological polar surface area (TPSA) is 78.6 Å². The van der Waals surface area contributed by atoms with Crippen molar-refractivity contribution in [3.05, 3.63) is 12.2 Å². The Morgan fingerprint density at radius 1 is 1.20 bits per heavy atom. The van der Waals surface area contributed by atoms with Crippen LogP contribution in [-0.2, 0) is 19.1 Å². The SMILES string of the molecule is C=C(C)C(=O)C(C)(C)OCCC(C)(C)OC(=O)C(C)CCSCCN. The summed E-state index contributed by atoms with van der Waals surface area (Å²) in [7, 11) is 0. The molecule has 1 unspecified atom stereocenters. The number of hydrogen-bond donors (Lipinski definition) is 1. The minimum absolute atomic E-state index is 0.120. The summed E-state index contributed by atoms with van der Waals surface area (Å²) >= 11 is 1.75. The van der Waals surface area contributed by atoms with E-state index < -0.39 is 11.2 Å². The Morgan fingerprint density at radius 3 is 2.32 bits per heavy atom. The molecule has 2 N–H and O–H groups in total. The normalized spacial score (nSPS) is 13.4. The number of thioether (sulfide) groups is 1. The van der Waals surface area contributed by atoms with Crippen molar-refractivity contribution in [1.82, 2.24) is 0 Å². The van der Waals surface area contributed by atoms with Crippen molar-refractivity contribution in [2.24, 2.45) is 11.7 Å². The molecule has 25 heavy (non-hydrogen) atoms. The van der Waals surface area contributed by atoms with Crippen LogP contribution >= 0.6 is 11.8 Å². The van der Waals surface area contributed by atoms with Crippen LogP contribution in [-0.4, -0.2) is 47.6 Å². The molecule has 0 spiro atoms. The van der Waals surface area contributed by atoms with Gasteiger partial charge in [0.05, 0.1) is 12.5 Å². The van der Waals surface area contributed by atoms with Gasteiger partial charge in [-0.05, 0) is 52.4 Å². The van der Waals surface area contributed by atoms with E-state index in [4.69, 9.17) is 15.2 Å². The molecular formula is C19H35NO4S. The van der Waals surface area contributed by atoms with Crippen LogP contribution in [0.1, 0.15) is 54.4 Å². The third-order valence-corrected chi connectivity index (χ3v) is 4.89. The second kappa shape index (κ2) is 11.0. The van der Waals surface area contributed by atoms with Crippen LogP contribution in [0.3, 0.4) is 0 Å². The second-order valence-corrected chi connectivity index (χ2v) is 8.71. The number of esters is 1. The zero-order chi connectivity index (χ0) is 19.7. The van der Waals surface area contributed by atoms with Gasteiger partial charge < -0.3 is 15.2 Å². The van der Waals surface area contributed by atoms with E-state index in [1.54, 1.807) is 32.5 Å². The molecule has 0 amide bonds. The maximum Gasteiger partial charge on any atom is 0.309 e. The third kappa shape index (κ3) is 10.0. The molecule has 5 nitrogen and oxygen atoms in total. The molecule has 0 saturated carbocycles. The molecule has 1 atom stereocenters. The first-order valence-corrected chi connectivity index (χ1v) is 9.93. The first-order valence-electron chi connectivity index (χ1n) is 8.78. The van der Waals surface area contributed by atoms with Gasteiger partial charge in [-0.2, -0.15) is 11.8 Å². The average molecular weight is 374 g/mol. The first-order chi connectivity index (χ1) is 11.4. The fourth-order valence-corrected chi connectivity index (χ4v) is 3.01. The molecule has 0 radical (unpaired) electrons. The number of ketones is 1. The summed E-state index contributed by atoms with van der Waals surface area (Å²) in [6.07, 6.45) is 1.29. The minimum atomic E-state index is -0.917. The monoisotopic (exact) mass is 373 g/mol. The lowest BCUT2D eigenvalue weighted by Crippen LogP contribution is -2.38. The van der Waals surface area contributed by atoms with Crippen molar-refractivity contribution in [2.45, 2.75) is 65.6 Å². The molecule has 0 rings (SSSR count). The highest BCUT2D eigenvalue weighted by molar-refractivity contribution is 7.99. The number of rotatable bonds is 13. The Bertz CT molecular complexity index is 460. The Balaban J connectivity index is 4.33. The van der Waals surface area contributed by atoms with E-state index in [1.165, 1.54) is 0 Å². The molecule has 0 aliphatic rings. The molecule has 0 aromatic rings. The molecule has 0 aliphatic heterocycles. The van der Waals surface area contributed by atoms with E-state index in [2.05, 4.69) is 6.58 Å². The lowest BCUT2D eigenvalue weighted by molar-refractivity contribution is -0.164. The third-order valence-electron chi connectivity index (χ3n) is 3.84. The zero-order valence-corrected chi connectivity index (χ0v) is 17.5. The van der Waals surface area contributed by atoms with E-state index >= 15 is 0 Å². The summed E-state index contributed by atoms with van der Waals surface area (Å²) in [6.45, 7) is 15.4. The van der Waals surface area contributed by atoms with Gasteiger partial charge in [-0.15, -0.1) is 0 Å². The smallest absolute Gasteiger partial charge is 0.309 e. The first kappa shape index (κ1) is 24.1. The van der Waals surface area contributed by atoms with Crippen LogP contribution in [0.4, 0.5) is 0 Å². The van der Waals surface area contributed by atoms with Gasteiger partial charge in [0, 0.05) is 18.7 Å². The van der Waals surface area contributed by atoms with Crippen molar-refractivity contribution >= 4 is 23.5 Å². The van der Waals surface area contributed by atoms with Gasteiger partial charge in [-0.3, -0.25) is 9.59 Å². The summed E-state index contributed by atoms with van der Waals surface area (Å²) in [4.78, 5) is 24.2. The van der Waals surface area contributed by atoms with Gasteiger partial charge in [0.25, 0.3) is 0 Å². The molecule has 0 aliphatic carbocycles. The molecule has 0 aromatic heterocycles. The number of nitrogens with two attached hydrogens (primary N) is 1. The molecule has 0 heterocycles. The summed E-state index contributed by atoms with van der Waals surface area (Å²) in [6, 6.07) is 0. The van der Waals surface area contributed by atoms with Crippen LogP contribution in [0.15, 0.2) is 12.2 Å². The Labute approximate surface area is 157 Å². The van der Waals surface area contributed by atoms with Crippen molar-refractivity contribution in [3.63, 3.8) is 0 Å². The van der Waals surface area contributed by atoms with Gasteiger partial charge in [0.2, 0.25) is 0 Å². The van der Waals surface area contributed by atoms with Crippen molar-refractivity contribution in [1.29, 1.82) is 0 Å². The lowest BCUT2D eigenvalue weighted by Gasteiger charge is -2.29. The number of Topliss-reactive ketones (excluding diaryl/α,β-unsaturated/α-hetero) is 1. The highest BCUT2D eigenvalue weighted by Gasteiger charge is 2.31. The van der Waals surface area contributed by atoms with Crippen LogP contribution in [0.2, 0.25) is 0 Å². The summed E-state index contributed by atoms with van der Waals surface area (Å²) < 4.78 is 11.3. The molecule has 0 aromatic carbocycles. The van der Waals surface area contributed by atoms with E-state index in [-0.39, 0.29) is 17.7 Å². The van der Waals surface area contributed by atoms with Crippen LogP contribution in [0.5, 0.6) is 0 Å². The highest BCUT2D eigenvalue weighted by Crippen LogP contribution is 2.22. The van der Waals surface area contributed by atoms with Crippen LogP contribution in [0.25, 0.3) is 0 Å². The maximum atomic E-state index is 12.2. The lowest BCUT2D eigenvalue weighted by atomic mass is 9.98. The fourth-order valence-electron chi connectivity index (χ4n) is 2.12. The molecule has 146 valence electrons. The average Bonchev–Trinajstić information content (AvgIpc) is 2.49. The maximum absolute atomic E-state index is 12.2. The molecule has 0 bridgehead atoms. The Kier molecular flexibility index (Phi) is 10.6. The fraction of sp³-hybridized carbons (Fsp3) is 0.789. The van der Waals surface area contributed by atoms with Gasteiger partial charge in [0.1, 0.15) is 11.2 Å². The molecule has 0 fully saturated rings. The Hall–Kier alpha value is -0.850. The zero-order valence-electron chi connectivity index (χ0n) is 16.6. The van der Waals surface area contributed by atoms with Crippen LogP contribution in [0, 0.1) is 5.92 Å². The quantitative estimate of drug-likeness (QED) is 0.303. The number of carbonyl (C=O) groups excluding carboxylic acids is 2.